The average Bonchev–Trinajstić information content (AvgIpc) is 2.29. The van der Waals surface area contributed by atoms with Gasteiger partial charge in [0.15, 0.2) is 0 Å². The van der Waals surface area contributed by atoms with E-state index in [2.05, 4.69) is 20.8 Å². The Bertz CT molecular complexity index is 144. The Morgan fingerprint density at radius 2 is 1.67 bits per heavy atom. The van der Waals surface area contributed by atoms with E-state index in [1.54, 1.807) is 0 Å². The first-order valence-electron chi connectivity index (χ1n) is 7.25. The first-order chi connectivity index (χ1) is 7.25. The van der Waals surface area contributed by atoms with Crippen molar-refractivity contribution in [1.29, 1.82) is 0 Å². The van der Waals surface area contributed by atoms with Crippen molar-refractivity contribution in [3.8, 4) is 0 Å². The van der Waals surface area contributed by atoms with Gasteiger partial charge in [-0.3, -0.25) is 0 Å². The molecule has 0 spiro atoms. The molecule has 1 saturated carbocycles. The molecule has 0 saturated heterocycles. The maximum Gasteiger partial charge on any atom is -0.0386 e. The second-order valence-electron chi connectivity index (χ2n) is 5.73. The molecular formula is C15H30. The van der Waals surface area contributed by atoms with Crippen molar-refractivity contribution < 1.29 is 0 Å². The van der Waals surface area contributed by atoms with E-state index in [0.717, 1.165) is 17.8 Å². The SMILES string of the molecule is CCCCCC(C)C(C)C1CCCCC1. The quantitative estimate of drug-likeness (QED) is 0.514. The van der Waals surface area contributed by atoms with Crippen molar-refractivity contribution >= 4 is 0 Å². The Hall–Kier alpha value is 0. The highest BCUT2D eigenvalue weighted by Gasteiger charge is 2.23. The molecule has 0 bridgehead atoms. The lowest BCUT2D eigenvalue weighted by molar-refractivity contribution is 0.194. The van der Waals surface area contributed by atoms with Crippen LogP contribution >= 0.6 is 0 Å². The number of hydrogen-bond acceptors (Lipinski definition) is 0. The smallest absolute Gasteiger partial charge is 0.0386 e. The van der Waals surface area contributed by atoms with Crippen LogP contribution in [0.2, 0.25) is 0 Å². The molecule has 0 N–H and O–H groups in total. The molecule has 2 atom stereocenters. The van der Waals surface area contributed by atoms with E-state index >= 15 is 0 Å². The zero-order valence-corrected chi connectivity index (χ0v) is 11.1. The highest BCUT2D eigenvalue weighted by Crippen LogP contribution is 2.35. The minimum Gasteiger partial charge on any atom is -0.0654 e. The van der Waals surface area contributed by atoms with Gasteiger partial charge in [0.2, 0.25) is 0 Å². The van der Waals surface area contributed by atoms with Gasteiger partial charge in [-0.2, -0.15) is 0 Å². The van der Waals surface area contributed by atoms with Crippen molar-refractivity contribution in [2.45, 2.75) is 78.6 Å². The Kier molecular flexibility index (Phi) is 6.36. The van der Waals surface area contributed by atoms with Crippen LogP contribution in [-0.2, 0) is 0 Å². The van der Waals surface area contributed by atoms with Crippen LogP contribution in [0.1, 0.15) is 78.6 Å². The fraction of sp³-hybridized carbons (Fsp3) is 1.00. The van der Waals surface area contributed by atoms with Gasteiger partial charge in [-0.25, -0.2) is 0 Å². The lowest BCUT2D eigenvalue weighted by Gasteiger charge is -2.31. The fourth-order valence-corrected chi connectivity index (χ4v) is 3.10. The highest BCUT2D eigenvalue weighted by atomic mass is 14.3. The molecule has 1 rings (SSSR count). The summed E-state index contributed by atoms with van der Waals surface area (Å²) in [6, 6.07) is 0. The lowest BCUT2D eigenvalue weighted by Crippen LogP contribution is -2.21. The molecule has 0 amide bonds. The third-order valence-corrected chi connectivity index (χ3v) is 4.55. The third-order valence-electron chi connectivity index (χ3n) is 4.55. The maximum absolute atomic E-state index is 2.51. The molecule has 0 heterocycles. The molecule has 0 heteroatoms. The standard InChI is InChI=1S/C15H30/c1-4-5-7-10-13(2)14(3)15-11-8-6-9-12-15/h13-15H,4-12H2,1-3H3. The van der Waals surface area contributed by atoms with Crippen LogP contribution in [0.5, 0.6) is 0 Å². The molecular weight excluding hydrogens is 180 g/mol. The molecule has 0 radical (unpaired) electrons. The Morgan fingerprint density at radius 1 is 1.00 bits per heavy atom. The number of unbranched alkanes of at least 4 members (excludes halogenated alkanes) is 2. The first-order valence-corrected chi connectivity index (χ1v) is 7.25. The van der Waals surface area contributed by atoms with E-state index in [4.69, 9.17) is 0 Å². The molecule has 90 valence electrons. The van der Waals surface area contributed by atoms with E-state index in [1.165, 1.54) is 57.8 Å². The second-order valence-corrected chi connectivity index (χ2v) is 5.73. The first kappa shape index (κ1) is 13.1. The third kappa shape index (κ3) is 4.57. The molecule has 0 aromatic rings. The van der Waals surface area contributed by atoms with Crippen molar-refractivity contribution in [3.05, 3.63) is 0 Å². The largest absolute Gasteiger partial charge is 0.0654 e. The summed E-state index contributed by atoms with van der Waals surface area (Å²) in [5.74, 6) is 2.98. The Labute approximate surface area is 96.8 Å². The van der Waals surface area contributed by atoms with Gasteiger partial charge < -0.3 is 0 Å². The van der Waals surface area contributed by atoms with E-state index in [1.807, 2.05) is 0 Å². The highest BCUT2D eigenvalue weighted by molar-refractivity contribution is 4.74. The predicted octanol–water partition coefficient (Wildman–Crippen LogP) is 5.42. The van der Waals surface area contributed by atoms with E-state index in [-0.39, 0.29) is 0 Å². The maximum atomic E-state index is 2.51. The topological polar surface area (TPSA) is 0 Å². The van der Waals surface area contributed by atoms with E-state index in [9.17, 15) is 0 Å². The molecule has 0 nitrogen and oxygen atoms in total. The van der Waals surface area contributed by atoms with E-state index in [0.29, 0.717) is 0 Å². The van der Waals surface area contributed by atoms with Gasteiger partial charge in [0.25, 0.3) is 0 Å². The van der Waals surface area contributed by atoms with Crippen LogP contribution in [0.4, 0.5) is 0 Å². The molecule has 1 aliphatic rings. The number of rotatable bonds is 6. The van der Waals surface area contributed by atoms with Gasteiger partial charge in [0.05, 0.1) is 0 Å². The normalized spacial score (nSPS) is 22.6. The molecule has 0 aromatic carbocycles. The summed E-state index contributed by atoms with van der Waals surface area (Å²) in [6.07, 6.45) is 13.2. The zero-order valence-electron chi connectivity index (χ0n) is 11.1. The minimum absolute atomic E-state index is 0.958. The molecule has 15 heavy (non-hydrogen) atoms. The van der Waals surface area contributed by atoms with Crippen molar-refractivity contribution in [2.75, 3.05) is 0 Å². The molecule has 1 aliphatic carbocycles. The summed E-state index contributed by atoms with van der Waals surface area (Å²) < 4.78 is 0. The average molecular weight is 210 g/mol. The van der Waals surface area contributed by atoms with Gasteiger partial charge in [-0.15, -0.1) is 0 Å². The van der Waals surface area contributed by atoms with Gasteiger partial charge >= 0.3 is 0 Å². The summed E-state index contributed by atoms with van der Waals surface area (Å²) in [4.78, 5) is 0. The molecule has 1 fully saturated rings. The molecule has 0 aliphatic heterocycles. The summed E-state index contributed by atoms with van der Waals surface area (Å²) in [7, 11) is 0. The van der Waals surface area contributed by atoms with Crippen molar-refractivity contribution in [1.82, 2.24) is 0 Å². The summed E-state index contributed by atoms with van der Waals surface area (Å²) in [6.45, 7) is 7.29. The lowest BCUT2D eigenvalue weighted by atomic mass is 9.74. The predicted molar refractivity (Wildman–Crippen MR) is 69.0 cm³/mol. The van der Waals surface area contributed by atoms with Crippen LogP contribution < -0.4 is 0 Å². The van der Waals surface area contributed by atoms with Crippen LogP contribution in [0.25, 0.3) is 0 Å². The summed E-state index contributed by atoms with van der Waals surface area (Å²) in [5, 5.41) is 0. The fourth-order valence-electron chi connectivity index (χ4n) is 3.10. The molecule has 0 aromatic heterocycles. The Balaban J connectivity index is 2.21. The molecule has 2 unspecified atom stereocenters. The van der Waals surface area contributed by atoms with Gasteiger partial charge in [0.1, 0.15) is 0 Å². The second kappa shape index (κ2) is 7.30. The van der Waals surface area contributed by atoms with Crippen LogP contribution in [-0.4, -0.2) is 0 Å². The van der Waals surface area contributed by atoms with Crippen LogP contribution in [0.15, 0.2) is 0 Å². The van der Waals surface area contributed by atoms with Gasteiger partial charge in [-0.1, -0.05) is 78.6 Å². The van der Waals surface area contributed by atoms with E-state index < -0.39 is 0 Å². The van der Waals surface area contributed by atoms with Crippen LogP contribution in [0, 0.1) is 17.8 Å². The Morgan fingerprint density at radius 3 is 2.27 bits per heavy atom. The van der Waals surface area contributed by atoms with Crippen molar-refractivity contribution in [3.63, 3.8) is 0 Å². The zero-order chi connectivity index (χ0) is 11.1. The monoisotopic (exact) mass is 210 g/mol. The number of hydrogen-bond donors (Lipinski definition) is 0. The van der Waals surface area contributed by atoms with Crippen LogP contribution in [0.3, 0.4) is 0 Å². The summed E-state index contributed by atoms with van der Waals surface area (Å²) in [5.41, 5.74) is 0. The minimum atomic E-state index is 0.958. The van der Waals surface area contributed by atoms with Crippen molar-refractivity contribution in [2.24, 2.45) is 17.8 Å². The van der Waals surface area contributed by atoms with Gasteiger partial charge in [0, 0.05) is 0 Å². The summed E-state index contributed by atoms with van der Waals surface area (Å²) >= 11 is 0. The van der Waals surface area contributed by atoms with Gasteiger partial charge in [-0.05, 0) is 17.8 Å².